The van der Waals surface area contributed by atoms with E-state index >= 15 is 0 Å². The van der Waals surface area contributed by atoms with Gasteiger partial charge in [-0.1, -0.05) is 0 Å². The van der Waals surface area contributed by atoms with E-state index in [-0.39, 0.29) is 35.6 Å². The molecular weight excluding hydrogens is 447 g/mol. The van der Waals surface area contributed by atoms with E-state index in [1.807, 2.05) is 0 Å². The van der Waals surface area contributed by atoms with Crippen molar-refractivity contribution in [3.05, 3.63) is 46.5 Å². The molecule has 0 saturated heterocycles. The first-order valence-electron chi connectivity index (χ1n) is 9.03. The third kappa shape index (κ3) is 5.43. The fourth-order valence-electron chi connectivity index (χ4n) is 3.18. The molecule has 1 aliphatic rings. The van der Waals surface area contributed by atoms with Gasteiger partial charge in [0.15, 0.2) is 0 Å². The first-order chi connectivity index (χ1) is 12.0. The van der Waals surface area contributed by atoms with Gasteiger partial charge < -0.3 is 24.8 Å². The van der Waals surface area contributed by atoms with E-state index in [9.17, 15) is 0 Å². The van der Waals surface area contributed by atoms with Crippen molar-refractivity contribution in [3.8, 4) is 11.5 Å². The molecule has 152 valence electrons. The van der Waals surface area contributed by atoms with E-state index in [1.165, 1.54) is 32.0 Å². The van der Waals surface area contributed by atoms with Crippen LogP contribution in [0.25, 0.3) is 0 Å². The zero-order chi connectivity index (χ0) is 19.3. The van der Waals surface area contributed by atoms with Crippen LogP contribution in [0.1, 0.15) is 63.8 Å². The summed E-state index contributed by atoms with van der Waals surface area (Å²) in [5, 5.41) is 0. The average Bonchev–Trinajstić information content (AvgIpc) is 2.46. The van der Waals surface area contributed by atoms with Crippen LogP contribution in [-0.4, -0.2) is 0 Å². The third-order valence-corrected chi connectivity index (χ3v) is 6.47. The van der Waals surface area contributed by atoms with E-state index in [0.717, 1.165) is 11.5 Å². The molecule has 28 heavy (non-hydrogen) atoms. The van der Waals surface area contributed by atoms with Crippen molar-refractivity contribution in [2.75, 3.05) is 0 Å². The maximum Gasteiger partial charge on any atom is -1.00 e. The number of hydrogen-bond donors (Lipinski definition) is 0. The Morgan fingerprint density at radius 2 is 1.04 bits per heavy atom. The van der Waals surface area contributed by atoms with Gasteiger partial charge in [0.05, 0.1) is 0 Å². The normalized spacial score (nSPS) is 12.9. The Morgan fingerprint density at radius 1 is 0.679 bits per heavy atom. The number of aryl methyl sites for hydroxylation is 2. The van der Waals surface area contributed by atoms with Crippen molar-refractivity contribution < 1.29 is 51.4 Å². The van der Waals surface area contributed by atoms with E-state index in [4.69, 9.17) is 6.64 Å². The topological polar surface area (TPSA) is 18.5 Å². The average molecular weight is 475 g/mol. The molecule has 0 radical (unpaired) electrons. The second kappa shape index (κ2) is 9.22. The Hall–Kier alpha value is -0.316. The van der Waals surface area contributed by atoms with Gasteiger partial charge in [0.2, 0.25) is 0 Å². The Balaban J connectivity index is 0.00000196. The Bertz CT molecular complexity index is 786. The summed E-state index contributed by atoms with van der Waals surface area (Å²) in [4.78, 5) is 2.40. The quantitative estimate of drug-likeness (QED) is 0.525. The van der Waals surface area contributed by atoms with E-state index < -0.39 is 19.9 Å². The summed E-state index contributed by atoms with van der Waals surface area (Å²) in [5.74, 6) is 2.02. The summed E-state index contributed by atoms with van der Waals surface area (Å²) in [6, 6.07) is 9.00. The van der Waals surface area contributed by atoms with Crippen molar-refractivity contribution >= 4 is 11.8 Å². The van der Waals surface area contributed by atoms with E-state index in [2.05, 4.69) is 79.7 Å². The van der Waals surface area contributed by atoms with Crippen LogP contribution in [0.4, 0.5) is 0 Å². The van der Waals surface area contributed by atoms with Crippen LogP contribution in [0.2, 0.25) is 0 Å². The van der Waals surface area contributed by atoms with E-state index in [0.29, 0.717) is 0 Å². The summed E-state index contributed by atoms with van der Waals surface area (Å²) in [5.41, 5.74) is 5.15. The molecule has 0 unspecified atom stereocenters. The van der Waals surface area contributed by atoms with Gasteiger partial charge in [-0.2, -0.15) is 0 Å². The molecule has 0 aliphatic carbocycles. The van der Waals surface area contributed by atoms with Crippen LogP contribution in [0.15, 0.2) is 34.1 Å². The van der Waals surface area contributed by atoms with Gasteiger partial charge in [0, 0.05) is 0 Å². The minimum absolute atomic E-state index is 0. The number of fused-ring (bicyclic) bond motifs is 2. The summed E-state index contributed by atoms with van der Waals surface area (Å²) in [7, 11) is 0. The maximum atomic E-state index is 6.28. The van der Waals surface area contributed by atoms with Gasteiger partial charge in [-0.05, 0) is 0 Å². The number of hydrogen-bond acceptors (Lipinski definition) is 3. The van der Waals surface area contributed by atoms with Crippen molar-refractivity contribution in [1.29, 1.82) is 0 Å². The molecule has 0 fully saturated rings. The molecule has 3 rings (SSSR count). The zero-order valence-corrected chi connectivity index (χ0v) is 21.7. The van der Waals surface area contributed by atoms with Crippen molar-refractivity contribution in [2.45, 2.75) is 76.0 Å². The molecule has 0 bridgehead atoms. The summed E-state index contributed by atoms with van der Waals surface area (Å²) in [6.45, 7) is 17.8. The van der Waals surface area contributed by atoms with Crippen LogP contribution in [-0.2, 0) is 30.8 Å². The number of rotatable bonds is 0. The SMILES string of the molecule is Cc1cc2c(c(C(C)(C)C)c1)[O][Ti+2][O]c1c(cc(C)cc1C(C)(C)C)S2.[Cl-].[Cl-]. The second-order valence-corrected chi connectivity index (χ2v) is 11.2. The molecule has 0 aromatic heterocycles. The van der Waals surface area contributed by atoms with Crippen LogP contribution < -0.4 is 31.5 Å². The van der Waals surface area contributed by atoms with Crippen LogP contribution in [0.5, 0.6) is 11.5 Å². The smallest absolute Gasteiger partial charge is 1.00 e. The molecule has 0 N–H and O–H groups in total. The summed E-state index contributed by atoms with van der Waals surface area (Å²) in [6.07, 6.45) is 0. The summed E-state index contributed by atoms with van der Waals surface area (Å²) >= 11 is 0.753. The molecule has 2 aromatic carbocycles. The molecule has 2 aromatic rings. The second-order valence-electron chi connectivity index (χ2n) is 9.17. The molecule has 1 aliphatic heterocycles. The molecule has 0 atom stereocenters. The van der Waals surface area contributed by atoms with Crippen LogP contribution in [0, 0.1) is 13.8 Å². The predicted octanol–water partition coefficient (Wildman–Crippen LogP) is 0.741. The van der Waals surface area contributed by atoms with Crippen LogP contribution >= 0.6 is 11.8 Å². The Morgan fingerprint density at radius 3 is 1.36 bits per heavy atom. The van der Waals surface area contributed by atoms with Gasteiger partial charge in [-0.15, -0.1) is 0 Å². The van der Waals surface area contributed by atoms with Crippen molar-refractivity contribution in [1.82, 2.24) is 0 Å². The van der Waals surface area contributed by atoms with Gasteiger partial charge >= 0.3 is 172 Å². The Kier molecular flexibility index (Phi) is 8.47. The molecule has 0 spiro atoms. The maximum absolute atomic E-state index is 6.28. The molecule has 0 amide bonds. The van der Waals surface area contributed by atoms with Crippen LogP contribution in [0.3, 0.4) is 0 Å². The first-order valence-corrected chi connectivity index (χ1v) is 11.1. The molecule has 6 heteroatoms. The standard InChI is InChI=1S/C22H30O2S.2ClH.Ti/c1-13-9-15(21(3,4)5)19(23)17(11-13)25-18-12-14(2)10-16(20(18)24)22(6,7)8;;;/h9-12,23-24H,1-8H3;2*1H;/q;;;+4/p-4. The van der Waals surface area contributed by atoms with E-state index in [1.54, 1.807) is 11.8 Å². The number of benzene rings is 2. The minimum Gasteiger partial charge on any atom is -1.00 e. The molecular formula is C22H28Cl2O2STi. The van der Waals surface area contributed by atoms with Gasteiger partial charge in [-0.25, -0.2) is 0 Å². The molecule has 0 saturated carbocycles. The fraction of sp³-hybridized carbons (Fsp3) is 0.455. The summed E-state index contributed by atoms with van der Waals surface area (Å²) < 4.78 is 12.6. The largest absolute Gasteiger partial charge is 1.00 e. The minimum atomic E-state index is -1.02. The van der Waals surface area contributed by atoms with Gasteiger partial charge in [0.25, 0.3) is 0 Å². The first kappa shape index (κ1) is 25.7. The zero-order valence-electron chi connectivity index (χ0n) is 17.8. The van der Waals surface area contributed by atoms with Crippen molar-refractivity contribution in [2.24, 2.45) is 0 Å². The van der Waals surface area contributed by atoms with Crippen molar-refractivity contribution in [3.63, 3.8) is 0 Å². The molecule has 1 heterocycles. The van der Waals surface area contributed by atoms with Gasteiger partial charge in [-0.3, -0.25) is 0 Å². The molecule has 2 nitrogen and oxygen atoms in total. The Labute approximate surface area is 196 Å². The third-order valence-electron chi connectivity index (χ3n) is 4.52. The monoisotopic (exact) mass is 474 g/mol. The number of halogens is 2. The predicted molar refractivity (Wildman–Crippen MR) is 105 cm³/mol. The fourth-order valence-corrected chi connectivity index (χ4v) is 5.64. The van der Waals surface area contributed by atoms with Gasteiger partial charge in [0.1, 0.15) is 0 Å².